The topological polar surface area (TPSA) is 66.9 Å². The molecule has 3 rings (SSSR count). The van der Waals surface area contributed by atoms with Crippen molar-refractivity contribution in [2.75, 3.05) is 11.9 Å². The van der Waals surface area contributed by atoms with Gasteiger partial charge >= 0.3 is 0 Å². The van der Waals surface area contributed by atoms with Crippen molar-refractivity contribution in [3.63, 3.8) is 0 Å². The van der Waals surface area contributed by atoms with Crippen LogP contribution in [0, 0.1) is 13.8 Å². The maximum atomic E-state index is 12.4. The molecule has 2 N–H and O–H groups in total. The van der Waals surface area contributed by atoms with Crippen LogP contribution in [-0.2, 0) is 6.42 Å². The van der Waals surface area contributed by atoms with Gasteiger partial charge in [-0.2, -0.15) is 0 Å². The second kappa shape index (κ2) is 8.94. The van der Waals surface area contributed by atoms with Crippen molar-refractivity contribution in [2.24, 2.45) is 0 Å². The number of carbonyl (C=O) groups excluding carboxylic acids is 1. The molecule has 1 aromatic heterocycles. The summed E-state index contributed by atoms with van der Waals surface area (Å²) in [5.41, 5.74) is 4.81. The molecular weight excluding hydrogens is 336 g/mol. The Kier molecular flexibility index (Phi) is 6.15. The fraction of sp³-hybridized carbons (Fsp3) is 0.227. The fourth-order valence-electron chi connectivity index (χ4n) is 2.90. The number of nitrogens with zero attached hydrogens (tertiary/aromatic N) is 2. The number of para-hydroxylation sites is 1. The van der Waals surface area contributed by atoms with Gasteiger partial charge in [0, 0.05) is 18.4 Å². The average Bonchev–Trinajstić information content (AvgIpc) is 2.69. The van der Waals surface area contributed by atoms with Crippen molar-refractivity contribution in [3.8, 4) is 0 Å². The van der Waals surface area contributed by atoms with Crippen LogP contribution < -0.4 is 10.6 Å². The zero-order valence-corrected chi connectivity index (χ0v) is 15.7. The lowest BCUT2D eigenvalue weighted by atomic mass is 10.1. The van der Waals surface area contributed by atoms with Crippen LogP contribution in [0.5, 0.6) is 0 Å². The number of aromatic nitrogens is 2. The molecule has 27 heavy (non-hydrogen) atoms. The highest BCUT2D eigenvalue weighted by atomic mass is 16.1. The number of rotatable bonds is 7. The average molecular weight is 360 g/mol. The number of hydrogen-bond donors (Lipinski definition) is 2. The Hall–Kier alpha value is -3.21. The highest BCUT2D eigenvalue weighted by Gasteiger charge is 2.10. The third-order valence-corrected chi connectivity index (χ3v) is 4.38. The quantitative estimate of drug-likeness (QED) is 0.620. The summed E-state index contributed by atoms with van der Waals surface area (Å²) in [5.74, 6) is 0.236. The normalized spacial score (nSPS) is 10.4. The van der Waals surface area contributed by atoms with Gasteiger partial charge in [-0.1, -0.05) is 48.5 Å². The zero-order valence-electron chi connectivity index (χ0n) is 15.7. The molecule has 2 aromatic carbocycles. The van der Waals surface area contributed by atoms with Crippen LogP contribution in [0.3, 0.4) is 0 Å². The van der Waals surface area contributed by atoms with Gasteiger partial charge in [0.15, 0.2) is 0 Å². The predicted molar refractivity (Wildman–Crippen MR) is 108 cm³/mol. The molecule has 0 atom stereocenters. The van der Waals surface area contributed by atoms with Crippen LogP contribution in [0.25, 0.3) is 0 Å². The molecule has 0 aliphatic heterocycles. The molecule has 5 heteroatoms. The molecule has 0 unspecified atom stereocenters. The van der Waals surface area contributed by atoms with Crippen molar-refractivity contribution in [3.05, 3.63) is 83.2 Å². The van der Waals surface area contributed by atoms with E-state index >= 15 is 0 Å². The number of carbonyl (C=O) groups is 1. The van der Waals surface area contributed by atoms with E-state index in [2.05, 4.69) is 32.7 Å². The Morgan fingerprint density at radius 3 is 2.44 bits per heavy atom. The summed E-state index contributed by atoms with van der Waals surface area (Å²) >= 11 is 0. The molecule has 1 amide bonds. The highest BCUT2D eigenvalue weighted by molar-refractivity contribution is 5.92. The summed E-state index contributed by atoms with van der Waals surface area (Å²) in [4.78, 5) is 21.0. The maximum absolute atomic E-state index is 12.4. The molecule has 0 fully saturated rings. The summed E-state index contributed by atoms with van der Waals surface area (Å²) in [6.07, 6.45) is 3.42. The minimum Gasteiger partial charge on any atom is -0.351 e. The van der Waals surface area contributed by atoms with E-state index in [1.807, 2.05) is 50.2 Å². The molecule has 0 saturated carbocycles. The molecule has 0 aliphatic rings. The zero-order chi connectivity index (χ0) is 19.1. The Labute approximate surface area is 159 Å². The minimum absolute atomic E-state index is 0.185. The molecule has 0 bridgehead atoms. The van der Waals surface area contributed by atoms with E-state index in [0.29, 0.717) is 18.2 Å². The van der Waals surface area contributed by atoms with Crippen molar-refractivity contribution in [1.82, 2.24) is 15.3 Å². The molecule has 138 valence electrons. The van der Waals surface area contributed by atoms with Gasteiger partial charge in [-0.15, -0.1) is 0 Å². The smallest absolute Gasteiger partial charge is 0.270 e. The first kappa shape index (κ1) is 18.6. The summed E-state index contributed by atoms with van der Waals surface area (Å²) in [6, 6.07) is 17.9. The first-order valence-electron chi connectivity index (χ1n) is 9.12. The van der Waals surface area contributed by atoms with E-state index in [1.165, 1.54) is 5.56 Å². The third kappa shape index (κ3) is 5.14. The van der Waals surface area contributed by atoms with Gasteiger partial charge in [-0.3, -0.25) is 4.79 Å². The van der Waals surface area contributed by atoms with E-state index < -0.39 is 0 Å². The Morgan fingerprint density at radius 2 is 1.70 bits per heavy atom. The molecule has 1 heterocycles. The number of benzene rings is 2. The summed E-state index contributed by atoms with van der Waals surface area (Å²) in [6.45, 7) is 4.66. The molecular formula is C22H24N4O. The van der Waals surface area contributed by atoms with Gasteiger partial charge in [-0.25, -0.2) is 9.97 Å². The van der Waals surface area contributed by atoms with Crippen molar-refractivity contribution in [2.45, 2.75) is 26.7 Å². The van der Waals surface area contributed by atoms with Crippen LogP contribution in [0.1, 0.15) is 33.6 Å². The van der Waals surface area contributed by atoms with E-state index in [9.17, 15) is 4.79 Å². The fourth-order valence-corrected chi connectivity index (χ4v) is 2.90. The third-order valence-electron chi connectivity index (χ3n) is 4.38. The number of nitrogens with one attached hydrogen (secondary N) is 2. The Bertz CT molecular complexity index is 889. The van der Waals surface area contributed by atoms with Gasteiger partial charge in [-0.05, 0) is 49.4 Å². The summed E-state index contributed by atoms with van der Waals surface area (Å²) in [5, 5.41) is 6.15. The standard InChI is InChI=1S/C22H24N4O/c1-16-8-6-9-17(2)20(16)26-22-24-15-13-19(25-22)21(27)23-14-7-12-18-10-4-3-5-11-18/h3-6,8-11,13,15H,7,12,14H2,1-2H3,(H,23,27)(H,24,25,26). The number of anilines is 2. The predicted octanol–water partition coefficient (Wildman–Crippen LogP) is 4.20. The van der Waals surface area contributed by atoms with Crippen LogP contribution in [-0.4, -0.2) is 22.4 Å². The molecule has 3 aromatic rings. The SMILES string of the molecule is Cc1cccc(C)c1Nc1nccc(C(=O)NCCCc2ccccc2)n1. The lowest BCUT2D eigenvalue weighted by molar-refractivity contribution is 0.0948. The molecule has 0 aliphatic carbocycles. The van der Waals surface area contributed by atoms with Crippen LogP contribution >= 0.6 is 0 Å². The Balaban J connectivity index is 1.57. The lowest BCUT2D eigenvalue weighted by Gasteiger charge is -2.12. The van der Waals surface area contributed by atoms with Crippen LogP contribution in [0.2, 0.25) is 0 Å². The van der Waals surface area contributed by atoms with Crippen molar-refractivity contribution >= 4 is 17.5 Å². The number of hydrogen-bond acceptors (Lipinski definition) is 4. The van der Waals surface area contributed by atoms with Crippen LogP contribution in [0.4, 0.5) is 11.6 Å². The highest BCUT2D eigenvalue weighted by Crippen LogP contribution is 2.22. The first-order valence-corrected chi connectivity index (χ1v) is 9.12. The first-order chi connectivity index (χ1) is 13.1. The largest absolute Gasteiger partial charge is 0.351 e. The van der Waals surface area contributed by atoms with E-state index in [0.717, 1.165) is 29.7 Å². The van der Waals surface area contributed by atoms with Gasteiger partial charge < -0.3 is 10.6 Å². The van der Waals surface area contributed by atoms with E-state index in [1.54, 1.807) is 12.3 Å². The summed E-state index contributed by atoms with van der Waals surface area (Å²) < 4.78 is 0. The van der Waals surface area contributed by atoms with E-state index in [4.69, 9.17) is 0 Å². The minimum atomic E-state index is -0.185. The van der Waals surface area contributed by atoms with E-state index in [-0.39, 0.29) is 5.91 Å². The van der Waals surface area contributed by atoms with Gasteiger partial charge in [0.05, 0.1) is 0 Å². The number of amides is 1. The number of aryl methyl sites for hydroxylation is 3. The van der Waals surface area contributed by atoms with Gasteiger partial charge in [0.25, 0.3) is 5.91 Å². The molecule has 0 radical (unpaired) electrons. The Morgan fingerprint density at radius 1 is 0.963 bits per heavy atom. The maximum Gasteiger partial charge on any atom is 0.270 e. The molecule has 0 spiro atoms. The van der Waals surface area contributed by atoms with Crippen molar-refractivity contribution in [1.29, 1.82) is 0 Å². The molecule has 5 nitrogen and oxygen atoms in total. The van der Waals surface area contributed by atoms with Gasteiger partial charge in [0.2, 0.25) is 5.95 Å². The molecule has 0 saturated heterocycles. The second-order valence-corrected chi connectivity index (χ2v) is 6.50. The van der Waals surface area contributed by atoms with Crippen molar-refractivity contribution < 1.29 is 4.79 Å². The lowest BCUT2D eigenvalue weighted by Crippen LogP contribution is -2.26. The van der Waals surface area contributed by atoms with Gasteiger partial charge in [0.1, 0.15) is 5.69 Å². The van der Waals surface area contributed by atoms with Crippen LogP contribution in [0.15, 0.2) is 60.8 Å². The second-order valence-electron chi connectivity index (χ2n) is 6.50. The summed E-state index contributed by atoms with van der Waals surface area (Å²) in [7, 11) is 0. The monoisotopic (exact) mass is 360 g/mol.